The Bertz CT molecular complexity index is 1300. The van der Waals surface area contributed by atoms with Gasteiger partial charge in [-0.25, -0.2) is 4.79 Å². The molecule has 0 aromatic heterocycles. The molecule has 2 amide bonds. The molecule has 4 N–H and O–H groups in total. The van der Waals surface area contributed by atoms with E-state index in [0.717, 1.165) is 50.5 Å². The number of unbranched alkanes of at least 4 members (excludes halogenated alkanes) is 1. The van der Waals surface area contributed by atoms with E-state index in [1.54, 1.807) is 4.90 Å². The van der Waals surface area contributed by atoms with Crippen molar-refractivity contribution in [3.8, 4) is 17.2 Å². The highest BCUT2D eigenvalue weighted by Crippen LogP contribution is 2.37. The molecule has 2 atom stereocenters. The van der Waals surface area contributed by atoms with E-state index >= 15 is 0 Å². The molecule has 0 radical (unpaired) electrons. The molecule has 2 saturated heterocycles. The highest BCUT2D eigenvalue weighted by molar-refractivity contribution is 6.00. The average Bonchev–Trinajstić information content (AvgIpc) is 3.01. The van der Waals surface area contributed by atoms with Gasteiger partial charge in [0.05, 0.1) is 6.10 Å². The lowest BCUT2D eigenvalue weighted by molar-refractivity contribution is -0.166. The topological polar surface area (TPSA) is 140 Å². The number of aromatic hydroxyl groups is 1. The summed E-state index contributed by atoms with van der Waals surface area (Å²) in [5, 5.41) is 33.1. The molecule has 3 fully saturated rings. The Morgan fingerprint density at radius 2 is 1.72 bits per heavy atom. The number of piperidine rings is 1. The molecule has 2 aliphatic heterocycles. The summed E-state index contributed by atoms with van der Waals surface area (Å²) in [6, 6.07) is 10.7. The van der Waals surface area contributed by atoms with Gasteiger partial charge >= 0.3 is 5.97 Å². The summed E-state index contributed by atoms with van der Waals surface area (Å²) in [5.74, 6) is -0.905. The van der Waals surface area contributed by atoms with E-state index in [9.17, 15) is 24.6 Å². The van der Waals surface area contributed by atoms with Crippen molar-refractivity contribution in [2.45, 2.75) is 88.9 Å². The van der Waals surface area contributed by atoms with Crippen LogP contribution in [0.5, 0.6) is 17.2 Å². The van der Waals surface area contributed by atoms with Gasteiger partial charge < -0.3 is 30.3 Å². The summed E-state index contributed by atoms with van der Waals surface area (Å²) in [5.41, 5.74) is -0.00758. The number of aliphatic hydroxyl groups is 1. The number of carbonyl (C=O) groups excluding carboxylic acids is 2. The number of ether oxygens (including phenoxy) is 1. The second kappa shape index (κ2) is 13.3. The Balaban J connectivity index is 1.20. The summed E-state index contributed by atoms with van der Waals surface area (Å²) in [6.45, 7) is 4.60. The van der Waals surface area contributed by atoms with Gasteiger partial charge in [-0.2, -0.15) is 0 Å². The molecule has 0 bridgehead atoms. The Morgan fingerprint density at radius 3 is 2.35 bits per heavy atom. The largest absolute Gasteiger partial charge is 0.507 e. The Morgan fingerprint density at radius 1 is 1.05 bits per heavy atom. The predicted molar refractivity (Wildman–Crippen MR) is 160 cm³/mol. The molecule has 2 heterocycles. The lowest BCUT2D eigenvalue weighted by Gasteiger charge is -2.52. The molecule has 1 aliphatic carbocycles. The molecule has 3 aliphatic rings. The van der Waals surface area contributed by atoms with Crippen molar-refractivity contribution < 1.29 is 34.4 Å². The summed E-state index contributed by atoms with van der Waals surface area (Å²) in [4.78, 5) is 42.7. The number of nitrogens with zero attached hydrogens (tertiary/aromatic N) is 2. The minimum absolute atomic E-state index is 0.0494. The number of likely N-dealkylation sites (tertiary alicyclic amines) is 1. The fourth-order valence-electron chi connectivity index (χ4n) is 6.85. The normalized spacial score (nSPS) is 21.9. The highest BCUT2D eigenvalue weighted by atomic mass is 16.5. The molecular weight excluding hydrogens is 550 g/mol. The summed E-state index contributed by atoms with van der Waals surface area (Å²) < 4.78 is 5.78. The van der Waals surface area contributed by atoms with Crippen molar-refractivity contribution >= 4 is 17.8 Å². The monoisotopic (exact) mass is 593 g/mol. The van der Waals surface area contributed by atoms with E-state index < -0.39 is 23.7 Å². The molecule has 43 heavy (non-hydrogen) atoms. The molecule has 10 nitrogen and oxygen atoms in total. The van der Waals surface area contributed by atoms with Gasteiger partial charge in [0, 0.05) is 32.2 Å². The van der Waals surface area contributed by atoms with Crippen LogP contribution in [0.15, 0.2) is 42.5 Å². The summed E-state index contributed by atoms with van der Waals surface area (Å²) >= 11 is 0. The van der Waals surface area contributed by atoms with Crippen LogP contribution in [-0.4, -0.2) is 80.2 Å². The van der Waals surface area contributed by atoms with Gasteiger partial charge in [-0.3, -0.25) is 14.5 Å². The van der Waals surface area contributed by atoms with Crippen LogP contribution in [0.25, 0.3) is 0 Å². The molecule has 1 spiro atoms. The van der Waals surface area contributed by atoms with Gasteiger partial charge in [0.1, 0.15) is 34.4 Å². The maximum absolute atomic E-state index is 13.8. The number of benzene rings is 2. The number of rotatable bonds is 10. The van der Waals surface area contributed by atoms with Crippen molar-refractivity contribution in [2.24, 2.45) is 5.92 Å². The van der Waals surface area contributed by atoms with Gasteiger partial charge in [-0.1, -0.05) is 44.7 Å². The van der Waals surface area contributed by atoms with E-state index in [1.165, 1.54) is 18.2 Å². The van der Waals surface area contributed by atoms with Crippen LogP contribution < -0.4 is 10.1 Å². The van der Waals surface area contributed by atoms with E-state index in [1.807, 2.05) is 24.3 Å². The molecule has 10 heteroatoms. The SMILES string of the molecule is CCCCN1C(=O)[C@@H]([C@H](O)C2CCCCC2)NC(=O)C12CCN(Cc1ccc(Oc3ccc(C(=O)O)c(O)c3)cc1)CC2. The maximum Gasteiger partial charge on any atom is 0.339 e. The smallest absolute Gasteiger partial charge is 0.339 e. The number of amides is 2. The zero-order valence-electron chi connectivity index (χ0n) is 24.8. The Hall–Kier alpha value is -3.63. The number of aliphatic hydroxyl groups excluding tert-OH is 1. The highest BCUT2D eigenvalue weighted by Gasteiger charge is 2.55. The van der Waals surface area contributed by atoms with Crippen molar-refractivity contribution in [1.29, 1.82) is 0 Å². The minimum Gasteiger partial charge on any atom is -0.507 e. The van der Waals surface area contributed by atoms with E-state index in [2.05, 4.69) is 17.1 Å². The van der Waals surface area contributed by atoms with Crippen molar-refractivity contribution in [1.82, 2.24) is 15.1 Å². The number of carboxylic acid groups (broad SMARTS) is 1. The van der Waals surface area contributed by atoms with Crippen LogP contribution in [0.1, 0.15) is 80.6 Å². The molecule has 0 unspecified atom stereocenters. The zero-order chi connectivity index (χ0) is 30.6. The van der Waals surface area contributed by atoms with Crippen LogP contribution in [-0.2, 0) is 16.1 Å². The standard InChI is InChI=1S/C33H43N3O7/c1-2-3-17-36-30(39)28(29(38)23-7-5-4-6-8-23)34-32(42)33(36)15-18-35(19-16-33)21-22-9-11-24(12-10-22)43-25-13-14-26(31(40)41)27(37)20-25/h9-14,20,23,28-29,37-38H,2-8,15-19,21H2,1H3,(H,34,42)(H,40,41)/t28-,29-/m1/s1. The first-order valence-electron chi connectivity index (χ1n) is 15.6. The number of hydrogen-bond acceptors (Lipinski definition) is 7. The number of hydrogen-bond donors (Lipinski definition) is 4. The lowest BCUT2D eigenvalue weighted by Crippen LogP contribution is -2.75. The van der Waals surface area contributed by atoms with E-state index in [0.29, 0.717) is 50.5 Å². The third-order valence-electron chi connectivity index (χ3n) is 9.42. The Kier molecular flexibility index (Phi) is 9.56. The van der Waals surface area contributed by atoms with Crippen LogP contribution in [0, 0.1) is 5.92 Å². The third kappa shape index (κ3) is 6.65. The Labute approximate surface area is 252 Å². The maximum atomic E-state index is 13.8. The number of piperazine rings is 1. The molecule has 1 saturated carbocycles. The molecule has 5 rings (SSSR count). The van der Waals surface area contributed by atoms with Crippen LogP contribution in [0.4, 0.5) is 0 Å². The van der Waals surface area contributed by atoms with E-state index in [4.69, 9.17) is 9.84 Å². The van der Waals surface area contributed by atoms with Crippen molar-refractivity contribution in [2.75, 3.05) is 19.6 Å². The second-order valence-corrected chi connectivity index (χ2v) is 12.2. The second-order valence-electron chi connectivity index (χ2n) is 12.2. The van der Waals surface area contributed by atoms with Crippen LogP contribution >= 0.6 is 0 Å². The first-order valence-corrected chi connectivity index (χ1v) is 15.6. The predicted octanol–water partition coefficient (Wildman–Crippen LogP) is 4.29. The molecule has 2 aromatic carbocycles. The number of nitrogens with one attached hydrogen (secondary N) is 1. The summed E-state index contributed by atoms with van der Waals surface area (Å²) in [7, 11) is 0. The number of carboxylic acids is 1. The number of phenols is 1. The lowest BCUT2D eigenvalue weighted by atomic mass is 9.78. The van der Waals surface area contributed by atoms with Crippen molar-refractivity contribution in [3.63, 3.8) is 0 Å². The van der Waals surface area contributed by atoms with Gasteiger partial charge in [0.25, 0.3) is 0 Å². The third-order valence-corrected chi connectivity index (χ3v) is 9.42. The van der Waals surface area contributed by atoms with Gasteiger partial charge in [0.15, 0.2) is 0 Å². The van der Waals surface area contributed by atoms with Gasteiger partial charge in [-0.05, 0) is 67.9 Å². The fraction of sp³-hybridized carbons (Fsp3) is 0.545. The fourth-order valence-corrected chi connectivity index (χ4v) is 6.85. The molecule has 2 aromatic rings. The van der Waals surface area contributed by atoms with Crippen molar-refractivity contribution in [3.05, 3.63) is 53.6 Å². The molecular formula is C33H43N3O7. The average molecular weight is 594 g/mol. The number of carbonyl (C=O) groups is 3. The quantitative estimate of drug-likeness (QED) is 0.320. The first-order chi connectivity index (χ1) is 20.7. The van der Waals surface area contributed by atoms with E-state index in [-0.39, 0.29) is 29.0 Å². The van der Waals surface area contributed by atoms with Gasteiger partial charge in [-0.15, -0.1) is 0 Å². The summed E-state index contributed by atoms with van der Waals surface area (Å²) in [6.07, 6.45) is 7.02. The minimum atomic E-state index is -1.21. The zero-order valence-corrected chi connectivity index (χ0v) is 24.8. The molecule has 232 valence electrons. The number of aromatic carboxylic acids is 1. The first kappa shape index (κ1) is 30.8. The van der Waals surface area contributed by atoms with Crippen LogP contribution in [0.2, 0.25) is 0 Å². The van der Waals surface area contributed by atoms with Gasteiger partial charge in [0.2, 0.25) is 11.8 Å². The van der Waals surface area contributed by atoms with Crippen LogP contribution in [0.3, 0.4) is 0 Å².